The number of amides is 1. The maximum atomic E-state index is 13.1. The summed E-state index contributed by atoms with van der Waals surface area (Å²) < 4.78 is 23.2. The van der Waals surface area contributed by atoms with Gasteiger partial charge in [-0.15, -0.1) is 0 Å². The number of methoxy groups -OCH3 is 3. The lowest BCUT2D eigenvalue weighted by Crippen LogP contribution is -2.20. The standard InChI is InChI=1S/C26H30N2O6/c1-7-34-26(30)23-16(2)24(18-11-9-8-10-12-18)28(17(23)3)15-22(29)27-19-13-20(31-4)25(33-6)21(14-19)32-5/h8-14H,7,15H2,1-6H3,(H,27,29). The van der Waals surface area contributed by atoms with Gasteiger partial charge in [-0.1, -0.05) is 30.3 Å². The Morgan fingerprint density at radius 1 is 0.941 bits per heavy atom. The largest absolute Gasteiger partial charge is 0.493 e. The molecule has 0 aliphatic carbocycles. The number of hydrogen-bond donors (Lipinski definition) is 1. The molecule has 1 amide bonds. The number of hydrogen-bond acceptors (Lipinski definition) is 6. The zero-order valence-electron chi connectivity index (χ0n) is 20.4. The Hall–Kier alpha value is -3.94. The molecule has 0 atom stereocenters. The molecule has 0 radical (unpaired) electrons. The summed E-state index contributed by atoms with van der Waals surface area (Å²) in [7, 11) is 4.54. The van der Waals surface area contributed by atoms with Crippen molar-refractivity contribution in [2.24, 2.45) is 0 Å². The van der Waals surface area contributed by atoms with Crippen molar-refractivity contribution in [3.05, 3.63) is 59.3 Å². The molecular weight excluding hydrogens is 436 g/mol. The number of nitrogens with one attached hydrogen (secondary N) is 1. The summed E-state index contributed by atoms with van der Waals surface area (Å²) in [5.41, 5.74) is 4.09. The van der Waals surface area contributed by atoms with Crippen LogP contribution in [0.2, 0.25) is 0 Å². The average Bonchev–Trinajstić information content (AvgIpc) is 3.07. The molecule has 0 spiro atoms. The van der Waals surface area contributed by atoms with E-state index in [-0.39, 0.29) is 19.1 Å². The Balaban J connectivity index is 2.00. The van der Waals surface area contributed by atoms with E-state index in [0.717, 1.165) is 16.8 Å². The van der Waals surface area contributed by atoms with Gasteiger partial charge in [-0.2, -0.15) is 0 Å². The van der Waals surface area contributed by atoms with Crippen LogP contribution in [0.15, 0.2) is 42.5 Å². The highest BCUT2D eigenvalue weighted by Crippen LogP contribution is 2.40. The van der Waals surface area contributed by atoms with Crippen molar-refractivity contribution >= 4 is 17.6 Å². The zero-order valence-corrected chi connectivity index (χ0v) is 20.4. The van der Waals surface area contributed by atoms with E-state index in [0.29, 0.717) is 34.2 Å². The number of benzene rings is 2. The van der Waals surface area contributed by atoms with Gasteiger partial charge in [0.25, 0.3) is 0 Å². The molecule has 0 fully saturated rings. The van der Waals surface area contributed by atoms with Crippen molar-refractivity contribution in [3.63, 3.8) is 0 Å². The second-order valence-electron chi connectivity index (χ2n) is 7.57. The second kappa shape index (κ2) is 10.8. The van der Waals surface area contributed by atoms with Crippen LogP contribution in [0.3, 0.4) is 0 Å². The number of esters is 1. The first-order chi connectivity index (χ1) is 16.4. The van der Waals surface area contributed by atoms with Crippen LogP contribution in [0, 0.1) is 13.8 Å². The monoisotopic (exact) mass is 466 g/mol. The Labute approximate surface area is 199 Å². The number of nitrogens with zero attached hydrogens (tertiary/aromatic N) is 1. The normalized spacial score (nSPS) is 10.5. The van der Waals surface area contributed by atoms with Crippen molar-refractivity contribution in [3.8, 4) is 28.5 Å². The van der Waals surface area contributed by atoms with Crippen molar-refractivity contribution in [2.45, 2.75) is 27.3 Å². The van der Waals surface area contributed by atoms with E-state index in [1.807, 2.05) is 48.7 Å². The van der Waals surface area contributed by atoms with E-state index in [9.17, 15) is 9.59 Å². The molecule has 2 aromatic carbocycles. The van der Waals surface area contributed by atoms with Crippen LogP contribution < -0.4 is 19.5 Å². The molecule has 0 saturated carbocycles. The van der Waals surface area contributed by atoms with Crippen LogP contribution >= 0.6 is 0 Å². The van der Waals surface area contributed by atoms with Crippen molar-refractivity contribution in [2.75, 3.05) is 33.3 Å². The topological polar surface area (TPSA) is 88.0 Å². The van der Waals surface area contributed by atoms with Gasteiger partial charge in [0.1, 0.15) is 6.54 Å². The SMILES string of the molecule is CCOC(=O)c1c(C)c(-c2ccccc2)n(CC(=O)Nc2cc(OC)c(OC)c(OC)c2)c1C. The van der Waals surface area contributed by atoms with Crippen molar-refractivity contribution in [1.82, 2.24) is 4.57 Å². The zero-order chi connectivity index (χ0) is 24.8. The molecule has 8 nitrogen and oxygen atoms in total. The van der Waals surface area contributed by atoms with E-state index in [1.165, 1.54) is 21.3 Å². The Morgan fingerprint density at radius 2 is 1.56 bits per heavy atom. The summed E-state index contributed by atoms with van der Waals surface area (Å²) in [4.78, 5) is 25.8. The molecule has 3 rings (SSSR count). The lowest BCUT2D eigenvalue weighted by molar-refractivity contribution is -0.116. The minimum Gasteiger partial charge on any atom is -0.493 e. The van der Waals surface area contributed by atoms with E-state index < -0.39 is 5.97 Å². The number of carbonyl (C=O) groups excluding carboxylic acids is 2. The molecule has 0 unspecified atom stereocenters. The fraction of sp³-hybridized carbons (Fsp3) is 0.308. The van der Waals surface area contributed by atoms with E-state index >= 15 is 0 Å². The second-order valence-corrected chi connectivity index (χ2v) is 7.57. The number of ether oxygens (including phenoxy) is 4. The highest BCUT2D eigenvalue weighted by Gasteiger charge is 2.25. The highest BCUT2D eigenvalue weighted by molar-refractivity contribution is 5.96. The summed E-state index contributed by atoms with van der Waals surface area (Å²) in [6.45, 7) is 5.72. The maximum Gasteiger partial charge on any atom is 0.340 e. The predicted octanol–water partition coefficient (Wildman–Crippen LogP) is 4.61. The first-order valence-electron chi connectivity index (χ1n) is 10.9. The Morgan fingerprint density at radius 3 is 2.09 bits per heavy atom. The first-order valence-corrected chi connectivity index (χ1v) is 10.9. The molecule has 180 valence electrons. The molecule has 0 aliphatic heterocycles. The summed E-state index contributed by atoms with van der Waals surface area (Å²) >= 11 is 0. The van der Waals surface area contributed by atoms with Gasteiger partial charge in [-0.3, -0.25) is 4.79 Å². The van der Waals surface area contributed by atoms with Gasteiger partial charge < -0.3 is 28.8 Å². The molecule has 0 aliphatic rings. The summed E-state index contributed by atoms with van der Waals surface area (Å²) in [5.74, 6) is 0.614. The number of anilines is 1. The first kappa shape index (κ1) is 24.7. The lowest BCUT2D eigenvalue weighted by Gasteiger charge is -2.16. The minimum absolute atomic E-state index is 0.00698. The van der Waals surface area contributed by atoms with Gasteiger partial charge in [0, 0.05) is 23.5 Å². The third-order valence-corrected chi connectivity index (χ3v) is 5.54. The maximum absolute atomic E-state index is 13.1. The Bertz CT molecular complexity index is 1160. The van der Waals surface area contributed by atoms with Crippen LogP contribution in [-0.4, -0.2) is 44.4 Å². The van der Waals surface area contributed by atoms with Crippen molar-refractivity contribution < 1.29 is 28.5 Å². The summed E-state index contributed by atoms with van der Waals surface area (Å²) in [6, 6.07) is 13.0. The fourth-order valence-electron chi connectivity index (χ4n) is 4.06. The molecule has 0 bridgehead atoms. The van der Waals surface area contributed by atoms with Crippen LogP contribution in [0.25, 0.3) is 11.3 Å². The number of carbonyl (C=O) groups is 2. The molecule has 3 aromatic rings. The predicted molar refractivity (Wildman–Crippen MR) is 130 cm³/mol. The minimum atomic E-state index is -0.404. The molecule has 1 aromatic heterocycles. The third-order valence-electron chi connectivity index (χ3n) is 5.54. The van der Waals surface area contributed by atoms with Gasteiger partial charge in [0.15, 0.2) is 11.5 Å². The molecule has 0 saturated heterocycles. The van der Waals surface area contributed by atoms with Crippen LogP contribution in [0.4, 0.5) is 5.69 Å². The number of rotatable bonds is 9. The van der Waals surface area contributed by atoms with Crippen LogP contribution in [0.5, 0.6) is 17.2 Å². The summed E-state index contributed by atoms with van der Waals surface area (Å²) in [6.07, 6.45) is 0. The van der Waals surface area contributed by atoms with Crippen LogP contribution in [0.1, 0.15) is 28.5 Å². The molecular formula is C26H30N2O6. The van der Waals surface area contributed by atoms with Gasteiger partial charge >= 0.3 is 5.97 Å². The molecule has 1 N–H and O–H groups in total. The van der Waals surface area contributed by atoms with Gasteiger partial charge in [0.05, 0.1) is 39.2 Å². The molecule has 34 heavy (non-hydrogen) atoms. The van der Waals surface area contributed by atoms with Gasteiger partial charge in [-0.25, -0.2) is 4.79 Å². The highest BCUT2D eigenvalue weighted by atomic mass is 16.5. The Kier molecular flexibility index (Phi) is 7.83. The third kappa shape index (κ3) is 4.85. The number of aromatic nitrogens is 1. The smallest absolute Gasteiger partial charge is 0.340 e. The van der Waals surface area contributed by atoms with Gasteiger partial charge in [-0.05, 0) is 31.9 Å². The van der Waals surface area contributed by atoms with Gasteiger partial charge in [0.2, 0.25) is 11.7 Å². The average molecular weight is 467 g/mol. The quantitative estimate of drug-likeness (QED) is 0.463. The van der Waals surface area contributed by atoms with E-state index in [4.69, 9.17) is 18.9 Å². The fourth-order valence-corrected chi connectivity index (χ4v) is 4.06. The van der Waals surface area contributed by atoms with Crippen molar-refractivity contribution in [1.29, 1.82) is 0 Å². The van der Waals surface area contributed by atoms with Crippen LogP contribution in [-0.2, 0) is 16.1 Å². The lowest BCUT2D eigenvalue weighted by atomic mass is 10.1. The van der Waals surface area contributed by atoms with E-state index in [2.05, 4.69) is 5.32 Å². The molecule has 8 heteroatoms. The van der Waals surface area contributed by atoms with E-state index in [1.54, 1.807) is 19.1 Å². The molecule has 1 heterocycles. The summed E-state index contributed by atoms with van der Waals surface area (Å²) in [5, 5.41) is 2.89.